The second-order valence-corrected chi connectivity index (χ2v) is 2.29. The van der Waals surface area contributed by atoms with Crippen LogP contribution in [-0.2, 0) is 9.53 Å². The lowest BCUT2D eigenvalue weighted by Crippen LogP contribution is -2.21. The van der Waals surface area contributed by atoms with Crippen molar-refractivity contribution in [2.24, 2.45) is 0 Å². The zero-order valence-corrected chi connectivity index (χ0v) is 8.41. The van der Waals surface area contributed by atoms with Gasteiger partial charge in [-0.2, -0.15) is 12.6 Å². The predicted molar refractivity (Wildman–Crippen MR) is 50.8 cm³/mol. The second-order valence-electron chi connectivity index (χ2n) is 2.03. The standard InChI is InChI=1S/C4H10O3S.C3H6O2/c5-1-4(2-6)7-3-8;1-2-3(4)5/h4-6,8H,1-3H2;2H2,1H3,(H,4,5). The minimum Gasteiger partial charge on any atom is -0.481 e. The predicted octanol–water partition coefficient (Wildman–Crippen LogP) is -0.275. The van der Waals surface area contributed by atoms with Crippen molar-refractivity contribution in [1.82, 2.24) is 0 Å². The maximum Gasteiger partial charge on any atom is 0.303 e. The molecule has 0 radical (unpaired) electrons. The van der Waals surface area contributed by atoms with E-state index in [1.807, 2.05) is 0 Å². The van der Waals surface area contributed by atoms with Crippen molar-refractivity contribution >= 4 is 18.6 Å². The van der Waals surface area contributed by atoms with Crippen molar-refractivity contribution < 1.29 is 24.9 Å². The quantitative estimate of drug-likeness (QED) is 0.372. The molecular weight excluding hydrogens is 196 g/mol. The van der Waals surface area contributed by atoms with Crippen LogP contribution in [0.1, 0.15) is 13.3 Å². The Bertz CT molecular complexity index is 115. The van der Waals surface area contributed by atoms with Crippen LogP contribution >= 0.6 is 12.6 Å². The summed E-state index contributed by atoms with van der Waals surface area (Å²) in [6, 6.07) is 0. The normalized spacial score (nSPS) is 9.31. The van der Waals surface area contributed by atoms with Crippen molar-refractivity contribution in [2.75, 3.05) is 19.2 Å². The summed E-state index contributed by atoms with van der Waals surface area (Å²) in [5.74, 6) is -0.517. The zero-order valence-electron chi connectivity index (χ0n) is 7.51. The van der Waals surface area contributed by atoms with Gasteiger partial charge in [-0.25, -0.2) is 0 Å². The Balaban J connectivity index is 0. The Morgan fingerprint density at radius 1 is 1.46 bits per heavy atom. The largest absolute Gasteiger partial charge is 0.481 e. The zero-order chi connectivity index (χ0) is 10.7. The van der Waals surface area contributed by atoms with E-state index >= 15 is 0 Å². The van der Waals surface area contributed by atoms with Crippen molar-refractivity contribution in [1.29, 1.82) is 0 Å². The van der Waals surface area contributed by atoms with Gasteiger partial charge < -0.3 is 20.1 Å². The number of carboxylic acid groups (broad SMARTS) is 1. The van der Waals surface area contributed by atoms with E-state index < -0.39 is 12.1 Å². The van der Waals surface area contributed by atoms with E-state index in [1.165, 1.54) is 0 Å². The summed E-state index contributed by atoms with van der Waals surface area (Å²) in [6.07, 6.45) is -0.243. The summed E-state index contributed by atoms with van der Waals surface area (Å²) in [4.78, 5) is 9.37. The number of hydrogen-bond donors (Lipinski definition) is 4. The molecule has 0 aromatic rings. The van der Waals surface area contributed by atoms with Gasteiger partial charge in [0.25, 0.3) is 0 Å². The maximum atomic E-state index is 9.37. The molecule has 13 heavy (non-hydrogen) atoms. The lowest BCUT2D eigenvalue weighted by atomic mass is 10.4. The molecule has 0 aliphatic rings. The Morgan fingerprint density at radius 2 is 1.85 bits per heavy atom. The van der Waals surface area contributed by atoms with Crippen LogP contribution in [0.15, 0.2) is 0 Å². The highest BCUT2D eigenvalue weighted by Gasteiger charge is 2.01. The highest BCUT2D eigenvalue weighted by atomic mass is 32.1. The first-order chi connectivity index (χ1) is 6.12. The molecule has 0 aromatic heterocycles. The van der Waals surface area contributed by atoms with Gasteiger partial charge in [-0.05, 0) is 0 Å². The summed E-state index contributed by atoms with van der Waals surface area (Å²) in [7, 11) is 0. The number of carboxylic acids is 1. The van der Waals surface area contributed by atoms with E-state index in [-0.39, 0.29) is 25.6 Å². The fraction of sp³-hybridized carbons (Fsp3) is 0.857. The molecule has 0 bridgehead atoms. The number of rotatable bonds is 5. The number of carbonyl (C=O) groups is 1. The highest BCUT2D eigenvalue weighted by molar-refractivity contribution is 7.80. The number of aliphatic carboxylic acids is 1. The van der Waals surface area contributed by atoms with Crippen LogP contribution in [0.4, 0.5) is 0 Å². The molecule has 0 unspecified atom stereocenters. The van der Waals surface area contributed by atoms with E-state index in [0.29, 0.717) is 0 Å². The number of hydrogen-bond acceptors (Lipinski definition) is 5. The van der Waals surface area contributed by atoms with Gasteiger partial charge in [-0.1, -0.05) is 6.92 Å². The van der Waals surface area contributed by atoms with Crippen molar-refractivity contribution in [3.8, 4) is 0 Å². The number of ether oxygens (including phenoxy) is 1. The van der Waals surface area contributed by atoms with Gasteiger partial charge in [0.15, 0.2) is 0 Å². The molecule has 0 atom stereocenters. The Labute approximate surface area is 82.7 Å². The first kappa shape index (κ1) is 15.2. The van der Waals surface area contributed by atoms with E-state index in [2.05, 4.69) is 12.6 Å². The SMILES string of the molecule is CCC(=O)O.OCC(CO)OCS. The van der Waals surface area contributed by atoms with Crippen molar-refractivity contribution in [3.63, 3.8) is 0 Å². The Kier molecular flexibility index (Phi) is 13.7. The summed E-state index contributed by atoms with van der Waals surface area (Å²) >= 11 is 3.72. The molecule has 80 valence electrons. The van der Waals surface area contributed by atoms with E-state index in [0.717, 1.165) is 0 Å². The smallest absolute Gasteiger partial charge is 0.303 e. The molecule has 0 amide bonds. The molecular formula is C7H16O5S. The van der Waals surface area contributed by atoms with Gasteiger partial charge in [-0.15, -0.1) is 0 Å². The molecule has 0 fully saturated rings. The minimum atomic E-state index is -0.745. The van der Waals surface area contributed by atoms with Crippen LogP contribution in [0.5, 0.6) is 0 Å². The number of aliphatic hydroxyl groups is 2. The number of thiol groups is 1. The first-order valence-corrected chi connectivity index (χ1v) is 4.41. The molecule has 0 saturated carbocycles. The molecule has 0 rings (SSSR count). The third-order valence-electron chi connectivity index (χ3n) is 1.02. The monoisotopic (exact) mass is 212 g/mol. The van der Waals surface area contributed by atoms with Crippen LogP contribution in [0.3, 0.4) is 0 Å². The fourth-order valence-corrected chi connectivity index (χ4v) is 0.479. The fourth-order valence-electron chi connectivity index (χ4n) is 0.269. The van der Waals surface area contributed by atoms with Crippen LogP contribution in [-0.4, -0.2) is 46.5 Å². The summed E-state index contributed by atoms with van der Waals surface area (Å²) in [5.41, 5.74) is 0. The van der Waals surface area contributed by atoms with Crippen LogP contribution in [0.2, 0.25) is 0 Å². The van der Waals surface area contributed by atoms with E-state index in [9.17, 15) is 4.79 Å². The molecule has 0 aromatic carbocycles. The van der Waals surface area contributed by atoms with Crippen LogP contribution in [0.25, 0.3) is 0 Å². The van der Waals surface area contributed by atoms with Crippen molar-refractivity contribution in [2.45, 2.75) is 19.4 Å². The van der Waals surface area contributed by atoms with E-state index in [4.69, 9.17) is 20.1 Å². The molecule has 0 spiro atoms. The molecule has 0 heterocycles. The summed E-state index contributed by atoms with van der Waals surface area (Å²) in [5, 5.41) is 24.4. The van der Waals surface area contributed by atoms with Crippen LogP contribution < -0.4 is 0 Å². The minimum absolute atomic E-state index is 0.156. The summed E-state index contributed by atoms with van der Waals surface area (Å²) in [6.45, 7) is 1.29. The molecule has 0 aliphatic carbocycles. The summed E-state index contributed by atoms with van der Waals surface area (Å²) < 4.78 is 4.70. The second kappa shape index (κ2) is 11.7. The highest BCUT2D eigenvalue weighted by Crippen LogP contribution is 1.89. The Morgan fingerprint density at radius 3 is 1.92 bits per heavy atom. The maximum absolute atomic E-state index is 9.37. The molecule has 6 heteroatoms. The van der Waals surface area contributed by atoms with Gasteiger partial charge in [0.2, 0.25) is 0 Å². The average molecular weight is 212 g/mol. The topological polar surface area (TPSA) is 87.0 Å². The molecule has 0 aliphatic heterocycles. The average Bonchev–Trinajstić information content (AvgIpc) is 2.15. The molecule has 5 nitrogen and oxygen atoms in total. The number of aliphatic hydroxyl groups excluding tert-OH is 2. The van der Waals surface area contributed by atoms with E-state index in [1.54, 1.807) is 6.92 Å². The third kappa shape index (κ3) is 14.5. The van der Waals surface area contributed by atoms with Gasteiger partial charge in [0.05, 0.1) is 19.2 Å². The lowest BCUT2D eigenvalue weighted by Gasteiger charge is -2.08. The van der Waals surface area contributed by atoms with Crippen molar-refractivity contribution in [3.05, 3.63) is 0 Å². The lowest BCUT2D eigenvalue weighted by molar-refractivity contribution is -0.136. The third-order valence-corrected chi connectivity index (χ3v) is 1.17. The Hall–Kier alpha value is -0.300. The molecule has 3 N–H and O–H groups in total. The molecule has 0 saturated heterocycles. The first-order valence-electron chi connectivity index (χ1n) is 3.78. The van der Waals surface area contributed by atoms with Crippen LogP contribution in [0, 0.1) is 0 Å². The van der Waals surface area contributed by atoms with Gasteiger partial charge in [0, 0.05) is 6.42 Å². The van der Waals surface area contributed by atoms with Gasteiger partial charge >= 0.3 is 5.97 Å². The van der Waals surface area contributed by atoms with Gasteiger partial charge in [-0.3, -0.25) is 4.79 Å². The van der Waals surface area contributed by atoms with Gasteiger partial charge in [0.1, 0.15) is 6.10 Å².